The van der Waals surface area contributed by atoms with Crippen molar-refractivity contribution in [2.24, 2.45) is 0 Å². The average molecular weight is 457 g/mol. The van der Waals surface area contributed by atoms with E-state index in [0.29, 0.717) is 0 Å². The largest absolute Gasteiger partial charge is 1.00 e. The predicted molar refractivity (Wildman–Crippen MR) is 108 cm³/mol. The number of hydrogen-bond donors (Lipinski definition) is 0. The summed E-state index contributed by atoms with van der Waals surface area (Å²) in [5.41, 5.74) is 0. The van der Waals surface area contributed by atoms with E-state index >= 15 is 0 Å². The van der Waals surface area contributed by atoms with E-state index in [0.717, 1.165) is 10.9 Å². The third-order valence-electron chi connectivity index (χ3n) is 4.61. The molecule has 0 saturated carbocycles. The summed E-state index contributed by atoms with van der Waals surface area (Å²) in [4.78, 5) is 0. The fourth-order valence-corrected chi connectivity index (χ4v) is 5.48. The fraction of sp³-hybridized carbons (Fsp3) is 1.00. The highest BCUT2D eigenvalue weighted by Crippen LogP contribution is 2.13. The maximum atomic E-state index is 2.32. The molecule has 0 aromatic heterocycles. The Morgan fingerprint density at radius 3 is 0.913 bits per heavy atom. The molecule has 0 bridgehead atoms. The summed E-state index contributed by atoms with van der Waals surface area (Å²) in [6, 6.07) is 0. The van der Waals surface area contributed by atoms with Gasteiger partial charge in [-0.25, -0.2) is 0 Å². The fourth-order valence-electron chi connectivity index (χ4n) is 3.04. The van der Waals surface area contributed by atoms with Gasteiger partial charge in [-0.15, -0.1) is 0 Å². The number of rotatable bonds is 18. The maximum absolute atomic E-state index is 2.32. The van der Waals surface area contributed by atoms with E-state index in [1.54, 1.807) is 17.3 Å². The van der Waals surface area contributed by atoms with Gasteiger partial charge < -0.3 is 24.0 Å². The van der Waals surface area contributed by atoms with E-state index in [9.17, 15) is 0 Å². The first kappa shape index (κ1) is 26.3. The van der Waals surface area contributed by atoms with Crippen molar-refractivity contribution in [1.29, 1.82) is 0 Å². The van der Waals surface area contributed by atoms with Crippen molar-refractivity contribution in [2.45, 2.75) is 117 Å². The van der Waals surface area contributed by atoms with E-state index in [4.69, 9.17) is 0 Å². The van der Waals surface area contributed by atoms with Gasteiger partial charge in [-0.05, 0) is 49.4 Å². The van der Waals surface area contributed by atoms with Gasteiger partial charge >= 0.3 is 0 Å². The topological polar surface area (TPSA) is 0 Å². The van der Waals surface area contributed by atoms with E-state index < -0.39 is 0 Å². The molecule has 0 aromatic carbocycles. The molecule has 0 nitrogen and oxygen atoms in total. The molecule has 0 rings (SSSR count). The van der Waals surface area contributed by atoms with Crippen molar-refractivity contribution < 1.29 is 24.0 Å². The molecule has 0 N–H and O–H groups in total. The second-order valence-corrected chi connectivity index (χ2v) is 9.42. The third-order valence-corrected chi connectivity index (χ3v) is 7.21. The van der Waals surface area contributed by atoms with Crippen LogP contribution in [0.2, 0.25) is 0 Å². The molecule has 0 spiro atoms. The van der Waals surface area contributed by atoms with E-state index in [1.165, 1.54) is 96.3 Å². The normalized spacial score (nSPS) is 11.0. The van der Waals surface area contributed by atoms with Crippen molar-refractivity contribution in [3.8, 4) is 0 Å². The molecule has 0 unspecified atom stereocenters. The Labute approximate surface area is 168 Å². The van der Waals surface area contributed by atoms with Crippen LogP contribution >= 0.6 is 0 Å². The van der Waals surface area contributed by atoms with Gasteiger partial charge in [-0.1, -0.05) is 78.6 Å². The van der Waals surface area contributed by atoms with Gasteiger partial charge in [-0.2, -0.15) is 0 Å². The first-order valence-corrected chi connectivity index (χ1v) is 12.2. The highest BCUT2D eigenvalue weighted by molar-refractivity contribution is 7.96. The first-order chi connectivity index (χ1) is 10.8. The predicted octanol–water partition coefficient (Wildman–Crippen LogP) is 4.52. The summed E-state index contributed by atoms with van der Waals surface area (Å²) in [6.45, 7) is 6.95. The Bertz CT molecular complexity index is 163. The zero-order valence-corrected chi connectivity index (χ0v) is 19.5. The number of unbranched alkanes of at least 4 members (excludes halogenated alkanes) is 12. The Kier molecular flexibility index (Phi) is 26.4. The standard InChI is InChI=1S/C21H45S.HI/c1-4-7-10-13-16-19-22(20-17-14-11-8-5-2)21-18-15-12-9-6-3;/h4-21H2,1-3H3;1H/q+1;/p-1. The molecule has 0 fully saturated rings. The van der Waals surface area contributed by atoms with Gasteiger partial charge in [0.1, 0.15) is 17.3 Å². The summed E-state index contributed by atoms with van der Waals surface area (Å²) < 4.78 is 0. The van der Waals surface area contributed by atoms with E-state index in [-0.39, 0.29) is 24.0 Å². The van der Waals surface area contributed by atoms with Crippen LogP contribution in [0.25, 0.3) is 0 Å². The second-order valence-electron chi connectivity index (χ2n) is 6.97. The summed E-state index contributed by atoms with van der Waals surface area (Å²) >= 11 is 0. The highest BCUT2D eigenvalue weighted by atomic mass is 127. The zero-order chi connectivity index (χ0) is 16.3. The molecule has 0 radical (unpaired) electrons. The Morgan fingerprint density at radius 2 is 0.652 bits per heavy atom. The molecule has 0 amide bonds. The summed E-state index contributed by atoms with van der Waals surface area (Å²) in [5, 5.41) is 0. The van der Waals surface area contributed by atoms with Crippen LogP contribution in [0, 0.1) is 0 Å². The molecule has 0 atom stereocenters. The van der Waals surface area contributed by atoms with Crippen LogP contribution in [0.5, 0.6) is 0 Å². The van der Waals surface area contributed by atoms with Gasteiger partial charge in [0.05, 0.1) is 0 Å². The molecular weight excluding hydrogens is 411 g/mol. The molecule has 23 heavy (non-hydrogen) atoms. The maximum Gasteiger partial charge on any atom is 0.108 e. The lowest BCUT2D eigenvalue weighted by Crippen LogP contribution is -3.00. The van der Waals surface area contributed by atoms with Gasteiger partial charge in [0.25, 0.3) is 0 Å². The van der Waals surface area contributed by atoms with E-state index in [1.807, 2.05) is 0 Å². The van der Waals surface area contributed by atoms with Crippen LogP contribution in [0.15, 0.2) is 0 Å². The van der Waals surface area contributed by atoms with Crippen LogP contribution in [-0.4, -0.2) is 17.3 Å². The Balaban J connectivity index is 0. The molecule has 0 aromatic rings. The Morgan fingerprint density at radius 1 is 0.391 bits per heavy atom. The number of halogens is 1. The average Bonchev–Trinajstić information content (AvgIpc) is 2.53. The summed E-state index contributed by atoms with van der Waals surface area (Å²) in [5.74, 6) is 4.64. The van der Waals surface area contributed by atoms with Crippen molar-refractivity contribution >= 4 is 10.9 Å². The highest BCUT2D eigenvalue weighted by Gasteiger charge is 2.16. The Hall–Kier alpha value is 1.08. The summed E-state index contributed by atoms with van der Waals surface area (Å²) in [6.07, 6.45) is 21.9. The van der Waals surface area contributed by atoms with Gasteiger partial charge in [0.15, 0.2) is 0 Å². The monoisotopic (exact) mass is 456 g/mol. The smallest absolute Gasteiger partial charge is 0.108 e. The SMILES string of the molecule is CCCCCCC[S+](CCCCCCC)CCCCCCC.[I-]. The first-order valence-electron chi connectivity index (χ1n) is 10.5. The lowest BCUT2D eigenvalue weighted by atomic mass is 10.2. The van der Waals surface area contributed by atoms with Crippen LogP contribution in [0.1, 0.15) is 117 Å². The van der Waals surface area contributed by atoms with Crippen molar-refractivity contribution in [1.82, 2.24) is 0 Å². The molecule has 0 aliphatic carbocycles. The third kappa shape index (κ3) is 21.0. The van der Waals surface area contributed by atoms with Gasteiger partial charge in [0.2, 0.25) is 0 Å². The molecular formula is C21H45IS. The van der Waals surface area contributed by atoms with Gasteiger partial charge in [-0.3, -0.25) is 0 Å². The molecule has 0 aliphatic rings. The van der Waals surface area contributed by atoms with Crippen molar-refractivity contribution in [2.75, 3.05) is 17.3 Å². The lowest BCUT2D eigenvalue weighted by Gasteiger charge is -2.09. The number of hydrogen-bond acceptors (Lipinski definition) is 0. The molecule has 0 aliphatic heterocycles. The molecule has 2 heteroatoms. The minimum atomic E-state index is 0. The quantitative estimate of drug-likeness (QED) is 0.162. The lowest BCUT2D eigenvalue weighted by molar-refractivity contribution is -0.00000501. The minimum Gasteiger partial charge on any atom is -1.00 e. The van der Waals surface area contributed by atoms with Crippen molar-refractivity contribution in [3.05, 3.63) is 0 Å². The molecule has 0 saturated heterocycles. The molecule has 0 heterocycles. The van der Waals surface area contributed by atoms with Gasteiger partial charge in [0, 0.05) is 0 Å². The van der Waals surface area contributed by atoms with Crippen LogP contribution in [0.4, 0.5) is 0 Å². The van der Waals surface area contributed by atoms with Crippen molar-refractivity contribution in [3.63, 3.8) is 0 Å². The molecule has 142 valence electrons. The second kappa shape index (κ2) is 23.1. The van der Waals surface area contributed by atoms with Crippen LogP contribution in [0.3, 0.4) is 0 Å². The van der Waals surface area contributed by atoms with Crippen LogP contribution in [-0.2, 0) is 10.9 Å². The minimum absolute atomic E-state index is 0. The zero-order valence-electron chi connectivity index (χ0n) is 16.5. The van der Waals surface area contributed by atoms with E-state index in [2.05, 4.69) is 20.8 Å². The van der Waals surface area contributed by atoms with Crippen LogP contribution < -0.4 is 24.0 Å². The summed E-state index contributed by atoms with van der Waals surface area (Å²) in [7, 11) is 0.759.